The Morgan fingerprint density at radius 3 is 2.54 bits per heavy atom. The van der Waals surface area contributed by atoms with Crippen molar-refractivity contribution in [2.75, 3.05) is 0 Å². The molecule has 0 unspecified atom stereocenters. The second kappa shape index (κ2) is 6.11. The molecule has 1 fully saturated rings. The van der Waals surface area contributed by atoms with Crippen molar-refractivity contribution in [3.05, 3.63) is 47.2 Å². The monoisotopic (exact) mass is 353 g/mol. The first-order valence-electron chi connectivity index (χ1n) is 11.4. The molecule has 138 valence electrons. The summed E-state index contributed by atoms with van der Waals surface area (Å²) >= 11 is 0. The average Bonchev–Trinajstić information content (AvgIpc) is 2.61. The van der Waals surface area contributed by atoms with Gasteiger partial charge in [0, 0.05) is 26.7 Å². The van der Waals surface area contributed by atoms with Crippen molar-refractivity contribution in [1.29, 1.82) is 0 Å². The van der Waals surface area contributed by atoms with E-state index in [1.54, 1.807) is 12.3 Å². The van der Waals surface area contributed by atoms with Crippen LogP contribution in [-0.4, -0.2) is 5.60 Å². The van der Waals surface area contributed by atoms with Crippen molar-refractivity contribution in [2.45, 2.75) is 77.2 Å². The maximum atomic E-state index is 7.72. The van der Waals surface area contributed by atoms with Crippen LogP contribution in [0, 0.1) is 13.8 Å². The molecule has 0 radical (unpaired) electrons. The van der Waals surface area contributed by atoms with Crippen molar-refractivity contribution < 1.29 is 13.4 Å². The molecule has 2 heterocycles. The lowest BCUT2D eigenvalue weighted by Crippen LogP contribution is -2.45. The highest BCUT2D eigenvalue weighted by Crippen LogP contribution is 2.55. The molecule has 0 atom stereocenters. The van der Waals surface area contributed by atoms with Crippen LogP contribution < -0.4 is 9.30 Å². The van der Waals surface area contributed by atoms with Crippen LogP contribution >= 0.6 is 0 Å². The van der Waals surface area contributed by atoms with E-state index in [1.807, 2.05) is 17.7 Å². The number of fused-ring (bicyclic) bond motifs is 2. The lowest BCUT2D eigenvalue weighted by Gasteiger charge is -2.48. The number of rotatable bonds is 1. The lowest BCUT2D eigenvalue weighted by molar-refractivity contribution is -0.660. The third-order valence-electron chi connectivity index (χ3n) is 6.28. The molecule has 1 aliphatic heterocycles. The molecule has 2 aromatic rings. The van der Waals surface area contributed by atoms with Gasteiger partial charge in [-0.2, -0.15) is 0 Å². The largest absolute Gasteiger partial charge is 0.487 e. The first-order chi connectivity index (χ1) is 13.5. The molecule has 0 amide bonds. The molecule has 4 rings (SSSR count). The van der Waals surface area contributed by atoms with Gasteiger partial charge in [0.15, 0.2) is 6.20 Å². The highest BCUT2D eigenvalue weighted by atomic mass is 16.5. The Kier molecular flexibility index (Phi) is 3.35. The fourth-order valence-electron chi connectivity index (χ4n) is 5.29. The van der Waals surface area contributed by atoms with E-state index in [-0.39, 0.29) is 11.0 Å². The molecule has 1 aliphatic carbocycles. The first-order valence-corrected chi connectivity index (χ1v) is 9.86. The van der Waals surface area contributed by atoms with Crippen LogP contribution in [0.25, 0.3) is 11.3 Å². The second-order valence-electron chi connectivity index (χ2n) is 8.93. The minimum Gasteiger partial charge on any atom is -0.487 e. The van der Waals surface area contributed by atoms with Gasteiger partial charge in [0.1, 0.15) is 18.4 Å². The number of aromatic nitrogens is 1. The molecule has 0 saturated heterocycles. The quantitative estimate of drug-likeness (QED) is 0.612. The Labute approximate surface area is 162 Å². The van der Waals surface area contributed by atoms with Crippen LogP contribution in [0.15, 0.2) is 30.5 Å². The third kappa shape index (κ3) is 2.84. The zero-order valence-electron chi connectivity index (χ0n) is 19.5. The molecule has 2 heteroatoms. The van der Waals surface area contributed by atoms with Crippen molar-refractivity contribution in [2.24, 2.45) is 7.05 Å². The minimum atomic E-state index is -2.11. The Morgan fingerprint density at radius 1 is 1.08 bits per heavy atom. The zero-order valence-corrected chi connectivity index (χ0v) is 16.5. The predicted molar refractivity (Wildman–Crippen MR) is 107 cm³/mol. The number of aryl methyl sites for hydroxylation is 3. The molecule has 1 spiro atoms. The number of pyridine rings is 1. The Hall–Kier alpha value is -1.83. The molecular formula is C24H32NO+. The molecular weight excluding hydrogens is 318 g/mol. The topological polar surface area (TPSA) is 13.1 Å². The molecule has 1 saturated carbocycles. The molecule has 2 aliphatic rings. The van der Waals surface area contributed by atoms with Crippen molar-refractivity contribution in [1.82, 2.24) is 0 Å². The van der Waals surface area contributed by atoms with E-state index in [9.17, 15) is 0 Å². The summed E-state index contributed by atoms with van der Waals surface area (Å²) in [6.07, 6.45) is 9.10. The van der Waals surface area contributed by atoms with E-state index in [4.69, 9.17) is 8.85 Å². The highest BCUT2D eigenvalue weighted by Gasteiger charge is 2.47. The van der Waals surface area contributed by atoms with Gasteiger partial charge in [-0.15, -0.1) is 0 Å². The number of hydrogen-bond acceptors (Lipinski definition) is 1. The summed E-state index contributed by atoms with van der Waals surface area (Å²) in [5.41, 5.74) is 4.92. The van der Waals surface area contributed by atoms with Gasteiger partial charge >= 0.3 is 0 Å². The van der Waals surface area contributed by atoms with Gasteiger partial charge in [-0.25, -0.2) is 4.57 Å². The van der Waals surface area contributed by atoms with Gasteiger partial charge in [-0.3, -0.25) is 0 Å². The Bertz CT molecular complexity index is 940. The van der Waals surface area contributed by atoms with Crippen LogP contribution in [0.1, 0.15) is 73.2 Å². The highest BCUT2D eigenvalue weighted by molar-refractivity contribution is 5.73. The summed E-state index contributed by atoms with van der Waals surface area (Å²) < 4.78 is 31.7. The number of benzene rings is 1. The molecule has 1 aromatic carbocycles. The Morgan fingerprint density at radius 2 is 1.85 bits per heavy atom. The summed E-state index contributed by atoms with van der Waals surface area (Å²) in [6, 6.07) is 8.16. The van der Waals surface area contributed by atoms with E-state index in [0.717, 1.165) is 29.0 Å². The van der Waals surface area contributed by atoms with Gasteiger partial charge in [0.05, 0.1) is 5.56 Å². The molecule has 1 aromatic heterocycles. The summed E-state index contributed by atoms with van der Waals surface area (Å²) in [5, 5.41) is 0. The fourth-order valence-corrected chi connectivity index (χ4v) is 5.29. The van der Waals surface area contributed by atoms with E-state index in [1.165, 1.54) is 37.7 Å². The maximum Gasteiger partial charge on any atom is 0.216 e. The normalized spacial score (nSPS) is 22.7. The zero-order chi connectivity index (χ0) is 21.0. The van der Waals surface area contributed by atoms with E-state index < -0.39 is 6.85 Å². The van der Waals surface area contributed by atoms with Gasteiger partial charge in [-0.1, -0.05) is 31.4 Å². The van der Waals surface area contributed by atoms with E-state index >= 15 is 0 Å². The van der Waals surface area contributed by atoms with Crippen LogP contribution in [0.4, 0.5) is 0 Å². The third-order valence-corrected chi connectivity index (χ3v) is 6.28. The van der Waals surface area contributed by atoms with Gasteiger partial charge in [0.2, 0.25) is 5.69 Å². The second-order valence-corrected chi connectivity index (χ2v) is 8.93. The SMILES string of the molecule is [2H]C([2H])([2H])c1ccc(-c2c(C)ccc3c2OC(C)(C)CC32CCCCC2)[n+](C)c1. The first kappa shape index (κ1) is 14.3. The molecule has 0 bridgehead atoms. The predicted octanol–water partition coefficient (Wildman–Crippen LogP) is 5.56. The van der Waals surface area contributed by atoms with Crippen LogP contribution in [0.3, 0.4) is 0 Å². The number of hydrogen-bond donors (Lipinski definition) is 0. The summed E-state index contributed by atoms with van der Waals surface area (Å²) in [5.74, 6) is 1.00. The van der Waals surface area contributed by atoms with Crippen LogP contribution in [0.2, 0.25) is 0 Å². The Balaban J connectivity index is 1.92. The maximum absolute atomic E-state index is 7.72. The van der Waals surface area contributed by atoms with Gasteiger partial charge < -0.3 is 4.74 Å². The minimum absolute atomic E-state index is 0.189. The lowest BCUT2D eigenvalue weighted by atomic mass is 9.62. The summed E-state index contributed by atoms with van der Waals surface area (Å²) in [7, 11) is 1.92. The fraction of sp³-hybridized carbons (Fsp3) is 0.542. The average molecular weight is 354 g/mol. The van der Waals surface area contributed by atoms with Gasteiger partial charge in [-0.05, 0) is 58.5 Å². The van der Waals surface area contributed by atoms with E-state index in [2.05, 4.69) is 32.9 Å². The standard InChI is InChI=1S/C24H32NO/c1-17-9-12-20(25(5)15-17)21-18(2)10-11-19-22(21)26-23(3,4)16-24(19)13-7-6-8-14-24/h9-12,15H,6-8,13-14,16H2,1-5H3/q+1/i1D3. The summed E-state index contributed by atoms with van der Waals surface area (Å²) in [4.78, 5) is 0. The molecule has 26 heavy (non-hydrogen) atoms. The summed E-state index contributed by atoms with van der Waals surface area (Å²) in [6.45, 7) is 4.42. The molecule has 2 nitrogen and oxygen atoms in total. The number of ether oxygens (including phenoxy) is 1. The smallest absolute Gasteiger partial charge is 0.216 e. The van der Waals surface area contributed by atoms with Crippen molar-refractivity contribution in [3.63, 3.8) is 0 Å². The number of nitrogens with zero attached hydrogens (tertiary/aromatic N) is 1. The van der Waals surface area contributed by atoms with Crippen LogP contribution in [0.5, 0.6) is 5.75 Å². The van der Waals surface area contributed by atoms with E-state index in [0.29, 0.717) is 5.56 Å². The van der Waals surface area contributed by atoms with Crippen molar-refractivity contribution >= 4 is 0 Å². The van der Waals surface area contributed by atoms with Gasteiger partial charge in [0.25, 0.3) is 0 Å². The molecule has 0 N–H and O–H groups in total. The van der Waals surface area contributed by atoms with Crippen molar-refractivity contribution in [3.8, 4) is 17.0 Å². The van der Waals surface area contributed by atoms with Crippen LogP contribution in [-0.2, 0) is 12.5 Å².